The minimum atomic E-state index is -3.73. The Kier molecular flexibility index (Phi) is 5.98. The second kappa shape index (κ2) is 7.61. The van der Waals surface area contributed by atoms with E-state index < -0.39 is 21.7 Å². The summed E-state index contributed by atoms with van der Waals surface area (Å²) in [7, 11) is -3.73. The quantitative estimate of drug-likeness (QED) is 0.882. The van der Waals surface area contributed by atoms with Crippen molar-refractivity contribution < 1.29 is 17.6 Å². The fourth-order valence-electron chi connectivity index (χ4n) is 3.12. The number of sulfonamides is 1. The molecule has 1 amide bonds. The largest absolute Gasteiger partial charge is 0.352 e. The molecule has 1 aromatic rings. The summed E-state index contributed by atoms with van der Waals surface area (Å²) in [6, 6.07) is 3.41. The summed E-state index contributed by atoms with van der Waals surface area (Å²) >= 11 is 0. The van der Waals surface area contributed by atoms with Gasteiger partial charge in [0.2, 0.25) is 10.0 Å². The van der Waals surface area contributed by atoms with Crippen molar-refractivity contribution in [1.29, 1.82) is 0 Å². The van der Waals surface area contributed by atoms with E-state index in [0.717, 1.165) is 25.0 Å². The number of nitrogens with zero attached hydrogens (tertiary/aromatic N) is 1. The number of carbonyl (C=O) groups excluding carboxylic acids is 1. The molecule has 1 aliphatic heterocycles. The number of halogens is 1. The van der Waals surface area contributed by atoms with Crippen molar-refractivity contribution >= 4 is 15.9 Å². The normalized spacial score (nSPS) is 22.3. The Balaban J connectivity index is 2.32. The Bertz CT molecular complexity index is 696. The summed E-state index contributed by atoms with van der Waals surface area (Å²) in [6.45, 7) is 7.23. The van der Waals surface area contributed by atoms with Crippen LogP contribution in [0.4, 0.5) is 4.39 Å². The van der Waals surface area contributed by atoms with Crippen molar-refractivity contribution in [2.24, 2.45) is 11.8 Å². The molecular formula is C17H25FN2O3S. The molecule has 2 rings (SSSR count). The minimum Gasteiger partial charge on any atom is -0.352 e. The first kappa shape index (κ1) is 18.9. The van der Waals surface area contributed by atoms with Crippen molar-refractivity contribution in [2.45, 2.75) is 38.5 Å². The number of hydrogen-bond donors (Lipinski definition) is 1. The smallest absolute Gasteiger partial charge is 0.254 e. The van der Waals surface area contributed by atoms with Gasteiger partial charge in [0.15, 0.2) is 0 Å². The lowest BCUT2D eigenvalue weighted by Gasteiger charge is -2.34. The molecule has 1 heterocycles. The number of hydrogen-bond acceptors (Lipinski definition) is 3. The molecule has 5 nitrogen and oxygen atoms in total. The average molecular weight is 356 g/mol. The highest BCUT2D eigenvalue weighted by Gasteiger charge is 2.32. The molecule has 2 unspecified atom stereocenters. The van der Waals surface area contributed by atoms with Gasteiger partial charge in [-0.25, -0.2) is 12.8 Å². The molecule has 0 radical (unpaired) electrons. The van der Waals surface area contributed by atoms with Crippen LogP contribution in [0.5, 0.6) is 0 Å². The van der Waals surface area contributed by atoms with E-state index in [-0.39, 0.29) is 22.3 Å². The second-order valence-electron chi connectivity index (χ2n) is 6.67. The SMILES string of the molecule is CCCNC(=O)c1cc(S(=O)(=O)N2CC(C)CC(C)C2)ccc1F. The number of nitrogens with one attached hydrogen (secondary N) is 1. The zero-order valence-electron chi connectivity index (χ0n) is 14.4. The van der Waals surface area contributed by atoms with Gasteiger partial charge in [-0.15, -0.1) is 0 Å². The van der Waals surface area contributed by atoms with Crippen LogP contribution in [0.2, 0.25) is 0 Å². The Morgan fingerprint density at radius 3 is 2.50 bits per heavy atom. The summed E-state index contributed by atoms with van der Waals surface area (Å²) in [4.78, 5) is 12.0. The van der Waals surface area contributed by atoms with Crippen molar-refractivity contribution in [1.82, 2.24) is 9.62 Å². The Morgan fingerprint density at radius 2 is 1.92 bits per heavy atom. The van der Waals surface area contributed by atoms with Crippen LogP contribution < -0.4 is 5.32 Å². The molecular weight excluding hydrogens is 331 g/mol. The van der Waals surface area contributed by atoms with Crippen molar-refractivity contribution in [3.63, 3.8) is 0 Å². The van der Waals surface area contributed by atoms with Crippen LogP contribution in [0.25, 0.3) is 0 Å². The Hall–Kier alpha value is -1.47. The van der Waals surface area contributed by atoms with E-state index in [1.807, 2.05) is 20.8 Å². The second-order valence-corrected chi connectivity index (χ2v) is 8.60. The van der Waals surface area contributed by atoms with Crippen molar-refractivity contribution in [3.05, 3.63) is 29.6 Å². The first-order chi connectivity index (χ1) is 11.3. The summed E-state index contributed by atoms with van der Waals surface area (Å²) in [5.41, 5.74) is -0.234. The van der Waals surface area contributed by atoms with Crippen LogP contribution in [0.3, 0.4) is 0 Å². The highest BCUT2D eigenvalue weighted by Crippen LogP contribution is 2.27. The van der Waals surface area contributed by atoms with Crippen LogP contribution in [-0.2, 0) is 10.0 Å². The van der Waals surface area contributed by atoms with Gasteiger partial charge in [-0.1, -0.05) is 20.8 Å². The number of piperidine rings is 1. The minimum absolute atomic E-state index is 0.0353. The molecule has 24 heavy (non-hydrogen) atoms. The van der Waals surface area contributed by atoms with Gasteiger partial charge in [0.1, 0.15) is 5.82 Å². The molecule has 7 heteroatoms. The summed E-state index contributed by atoms with van der Waals surface area (Å²) < 4.78 is 41.1. The predicted octanol–water partition coefficient (Wildman–Crippen LogP) is 2.63. The third-order valence-corrected chi connectivity index (χ3v) is 6.02. The molecule has 0 bridgehead atoms. The Labute approximate surface area is 143 Å². The van der Waals surface area contributed by atoms with E-state index in [1.165, 1.54) is 10.4 Å². The molecule has 1 saturated heterocycles. The first-order valence-corrected chi connectivity index (χ1v) is 9.77. The van der Waals surface area contributed by atoms with E-state index in [9.17, 15) is 17.6 Å². The van der Waals surface area contributed by atoms with E-state index in [2.05, 4.69) is 5.32 Å². The topological polar surface area (TPSA) is 66.5 Å². The summed E-state index contributed by atoms with van der Waals surface area (Å²) in [5.74, 6) is -0.762. The fraction of sp³-hybridized carbons (Fsp3) is 0.588. The molecule has 134 valence electrons. The zero-order chi connectivity index (χ0) is 17.9. The molecule has 1 aliphatic rings. The van der Waals surface area contributed by atoms with Crippen molar-refractivity contribution in [3.8, 4) is 0 Å². The van der Waals surface area contributed by atoms with E-state index in [4.69, 9.17) is 0 Å². The van der Waals surface area contributed by atoms with Gasteiger partial charge in [0, 0.05) is 19.6 Å². The van der Waals surface area contributed by atoms with Crippen molar-refractivity contribution in [2.75, 3.05) is 19.6 Å². The first-order valence-electron chi connectivity index (χ1n) is 8.33. The van der Waals surface area contributed by atoms with E-state index in [1.54, 1.807) is 0 Å². The van der Waals surface area contributed by atoms with Gasteiger partial charge < -0.3 is 5.32 Å². The fourth-order valence-corrected chi connectivity index (χ4v) is 4.83. The zero-order valence-corrected chi connectivity index (χ0v) is 15.2. The number of rotatable bonds is 5. The standard InChI is InChI=1S/C17H25FN2O3S/c1-4-7-19-17(21)15-9-14(5-6-16(15)18)24(22,23)20-10-12(2)8-13(3)11-20/h5-6,9,12-13H,4,7-8,10-11H2,1-3H3,(H,19,21). The maximum Gasteiger partial charge on any atom is 0.254 e. The predicted molar refractivity (Wildman–Crippen MR) is 90.7 cm³/mol. The maximum atomic E-state index is 13.9. The third kappa shape index (κ3) is 4.13. The molecule has 0 aromatic heterocycles. The van der Waals surface area contributed by atoms with Gasteiger partial charge in [-0.05, 0) is 42.9 Å². The van der Waals surface area contributed by atoms with Crippen LogP contribution in [-0.4, -0.2) is 38.3 Å². The monoisotopic (exact) mass is 356 g/mol. The third-order valence-electron chi connectivity index (χ3n) is 4.19. The van der Waals surface area contributed by atoms with Crippen LogP contribution in [0, 0.1) is 17.7 Å². The van der Waals surface area contributed by atoms with Gasteiger partial charge in [0.25, 0.3) is 5.91 Å². The lowest BCUT2D eigenvalue weighted by molar-refractivity contribution is 0.0949. The maximum absolute atomic E-state index is 13.9. The van der Waals surface area contributed by atoms with Gasteiger partial charge in [-0.3, -0.25) is 4.79 Å². The number of benzene rings is 1. The number of carbonyl (C=O) groups is 1. The molecule has 0 spiro atoms. The Morgan fingerprint density at radius 1 is 1.29 bits per heavy atom. The van der Waals surface area contributed by atoms with Crippen LogP contribution in [0.1, 0.15) is 44.0 Å². The molecule has 1 fully saturated rings. The summed E-state index contributed by atoms with van der Waals surface area (Å²) in [5, 5.41) is 2.57. The molecule has 2 atom stereocenters. The van der Waals surface area contributed by atoms with Gasteiger partial charge in [0.05, 0.1) is 10.5 Å². The van der Waals surface area contributed by atoms with E-state index in [0.29, 0.717) is 19.6 Å². The van der Waals surface area contributed by atoms with Crippen LogP contribution in [0.15, 0.2) is 23.1 Å². The highest BCUT2D eigenvalue weighted by molar-refractivity contribution is 7.89. The molecule has 0 saturated carbocycles. The summed E-state index contributed by atoms with van der Waals surface area (Å²) in [6.07, 6.45) is 1.70. The molecule has 0 aliphatic carbocycles. The highest BCUT2D eigenvalue weighted by atomic mass is 32.2. The van der Waals surface area contributed by atoms with Gasteiger partial charge in [-0.2, -0.15) is 4.31 Å². The molecule has 1 N–H and O–H groups in total. The lowest BCUT2D eigenvalue weighted by Crippen LogP contribution is -2.42. The van der Waals surface area contributed by atoms with Crippen LogP contribution >= 0.6 is 0 Å². The van der Waals surface area contributed by atoms with Gasteiger partial charge >= 0.3 is 0 Å². The lowest BCUT2D eigenvalue weighted by atomic mass is 9.94. The molecule has 1 aromatic carbocycles. The number of amides is 1. The van der Waals surface area contributed by atoms with E-state index >= 15 is 0 Å². The average Bonchev–Trinajstić information content (AvgIpc) is 2.51.